The fourth-order valence-electron chi connectivity index (χ4n) is 4.05. The molecule has 2 aromatic carbocycles. The molecule has 1 amide bonds. The SMILES string of the molecule is CCOC(=O)c1sc(N2C(=O)C(=O)/C(=C(/O)c3ccc(OC)cc3C)[C@H]2c2ccc(O)cc2)nc1C. The number of ketones is 1. The molecule has 1 aliphatic heterocycles. The number of thiazole rings is 1. The third kappa shape index (κ3) is 4.31. The molecular weight excluding hydrogens is 484 g/mol. The van der Waals surface area contributed by atoms with Gasteiger partial charge in [-0.15, -0.1) is 0 Å². The summed E-state index contributed by atoms with van der Waals surface area (Å²) < 4.78 is 10.3. The van der Waals surface area contributed by atoms with E-state index in [-0.39, 0.29) is 33.7 Å². The van der Waals surface area contributed by atoms with Gasteiger partial charge in [0.05, 0.1) is 31.0 Å². The normalized spacial score (nSPS) is 16.9. The van der Waals surface area contributed by atoms with E-state index < -0.39 is 23.7 Å². The van der Waals surface area contributed by atoms with Crippen LogP contribution in [0, 0.1) is 13.8 Å². The van der Waals surface area contributed by atoms with Crippen LogP contribution < -0.4 is 9.64 Å². The number of aromatic nitrogens is 1. The molecule has 2 N–H and O–H groups in total. The summed E-state index contributed by atoms with van der Waals surface area (Å²) in [6.45, 7) is 5.21. The molecule has 1 fully saturated rings. The lowest BCUT2D eigenvalue weighted by Crippen LogP contribution is -2.29. The molecule has 4 rings (SSSR count). The standard InChI is InChI=1S/C26H24N2O7S/c1-5-35-25(33)23-14(3)27-26(36-23)28-20(15-6-8-16(29)9-7-15)19(22(31)24(28)32)21(30)18-11-10-17(34-4)12-13(18)2/h6-12,20,29-30H,5H2,1-4H3/b21-19+/t20-/m1/s1. The summed E-state index contributed by atoms with van der Waals surface area (Å²) in [5.41, 5.74) is 1.68. The Morgan fingerprint density at radius 2 is 1.83 bits per heavy atom. The smallest absolute Gasteiger partial charge is 0.350 e. The number of anilines is 1. The van der Waals surface area contributed by atoms with Crippen molar-refractivity contribution in [3.8, 4) is 11.5 Å². The van der Waals surface area contributed by atoms with Crippen LogP contribution in [0.3, 0.4) is 0 Å². The maximum absolute atomic E-state index is 13.3. The number of phenols is 1. The Bertz CT molecular complexity index is 1390. The Morgan fingerprint density at radius 3 is 2.44 bits per heavy atom. The third-order valence-electron chi connectivity index (χ3n) is 5.79. The van der Waals surface area contributed by atoms with Crippen molar-refractivity contribution in [1.82, 2.24) is 4.98 Å². The predicted molar refractivity (Wildman–Crippen MR) is 133 cm³/mol. The lowest BCUT2D eigenvalue weighted by atomic mass is 9.94. The van der Waals surface area contributed by atoms with Crippen molar-refractivity contribution in [2.24, 2.45) is 0 Å². The number of esters is 1. The summed E-state index contributed by atoms with van der Waals surface area (Å²) in [6, 6.07) is 9.86. The molecular formula is C26H24N2O7S. The van der Waals surface area contributed by atoms with Crippen molar-refractivity contribution in [3.63, 3.8) is 0 Å². The average Bonchev–Trinajstić information content (AvgIpc) is 3.36. The number of methoxy groups -OCH3 is 1. The van der Waals surface area contributed by atoms with Crippen LogP contribution in [0.1, 0.15) is 45.0 Å². The number of aliphatic hydroxyl groups is 1. The van der Waals surface area contributed by atoms with Gasteiger partial charge in [-0.3, -0.25) is 14.5 Å². The minimum atomic E-state index is -1.05. The molecule has 1 saturated heterocycles. The molecule has 0 bridgehead atoms. The largest absolute Gasteiger partial charge is 0.508 e. The van der Waals surface area contributed by atoms with E-state index in [1.165, 1.54) is 24.1 Å². The first kappa shape index (κ1) is 24.9. The second-order valence-electron chi connectivity index (χ2n) is 8.07. The van der Waals surface area contributed by atoms with Gasteiger partial charge in [0.1, 0.15) is 22.1 Å². The molecule has 1 aromatic heterocycles. The summed E-state index contributed by atoms with van der Waals surface area (Å²) in [5, 5.41) is 21.2. The van der Waals surface area contributed by atoms with E-state index in [9.17, 15) is 24.6 Å². The Hall–Kier alpha value is -4.18. The molecule has 9 nitrogen and oxygen atoms in total. The van der Waals surface area contributed by atoms with Crippen molar-refractivity contribution in [3.05, 3.63) is 75.3 Å². The summed E-state index contributed by atoms with van der Waals surface area (Å²) in [6.07, 6.45) is 0. The number of carbonyl (C=O) groups is 3. The number of Topliss-reactive ketones (excluding diaryl/α,β-unsaturated/α-hetero) is 1. The van der Waals surface area contributed by atoms with Crippen LogP contribution in [-0.4, -0.2) is 46.6 Å². The Labute approximate surface area is 211 Å². The maximum Gasteiger partial charge on any atom is 0.350 e. The number of aliphatic hydroxyl groups excluding tert-OH is 1. The molecule has 2 heterocycles. The highest BCUT2D eigenvalue weighted by molar-refractivity contribution is 7.17. The van der Waals surface area contributed by atoms with Crippen LogP contribution in [0.25, 0.3) is 5.76 Å². The Kier molecular flexibility index (Phi) is 6.80. The van der Waals surface area contributed by atoms with Crippen molar-refractivity contribution < 1.29 is 34.1 Å². The van der Waals surface area contributed by atoms with Gasteiger partial charge in [-0.1, -0.05) is 23.5 Å². The van der Waals surface area contributed by atoms with Gasteiger partial charge in [0, 0.05) is 5.56 Å². The van der Waals surface area contributed by atoms with E-state index >= 15 is 0 Å². The van der Waals surface area contributed by atoms with E-state index in [0.717, 1.165) is 11.3 Å². The molecule has 1 aliphatic rings. The number of aryl methyl sites for hydroxylation is 2. The fourth-order valence-corrected chi connectivity index (χ4v) is 5.03. The van der Waals surface area contributed by atoms with Gasteiger partial charge in [0.25, 0.3) is 5.78 Å². The van der Waals surface area contributed by atoms with Crippen molar-refractivity contribution in [1.29, 1.82) is 0 Å². The first-order chi connectivity index (χ1) is 17.2. The van der Waals surface area contributed by atoms with Gasteiger partial charge in [0.15, 0.2) is 5.13 Å². The number of amides is 1. The molecule has 0 aliphatic carbocycles. The van der Waals surface area contributed by atoms with E-state index in [0.29, 0.717) is 28.1 Å². The molecule has 0 saturated carbocycles. The summed E-state index contributed by atoms with van der Waals surface area (Å²) in [5.74, 6) is -2.16. The quantitative estimate of drug-likeness (QED) is 0.219. The molecule has 0 radical (unpaired) electrons. The molecule has 0 spiro atoms. The molecule has 1 atom stereocenters. The number of aromatic hydroxyl groups is 1. The minimum Gasteiger partial charge on any atom is -0.508 e. The number of hydrogen-bond acceptors (Lipinski definition) is 9. The van der Waals surface area contributed by atoms with Gasteiger partial charge in [-0.05, 0) is 62.2 Å². The number of hydrogen-bond donors (Lipinski definition) is 2. The zero-order valence-electron chi connectivity index (χ0n) is 20.1. The van der Waals surface area contributed by atoms with Gasteiger partial charge in [0.2, 0.25) is 0 Å². The van der Waals surface area contributed by atoms with E-state index in [2.05, 4.69) is 4.98 Å². The number of carbonyl (C=O) groups excluding carboxylic acids is 3. The molecule has 186 valence electrons. The van der Waals surface area contributed by atoms with Gasteiger partial charge in [-0.25, -0.2) is 9.78 Å². The first-order valence-corrected chi connectivity index (χ1v) is 11.9. The van der Waals surface area contributed by atoms with Gasteiger partial charge >= 0.3 is 11.9 Å². The maximum atomic E-state index is 13.3. The fraction of sp³-hybridized carbons (Fsp3) is 0.231. The highest BCUT2D eigenvalue weighted by Crippen LogP contribution is 2.44. The summed E-state index contributed by atoms with van der Waals surface area (Å²) in [4.78, 5) is 44.8. The Balaban J connectivity index is 1.92. The summed E-state index contributed by atoms with van der Waals surface area (Å²) >= 11 is 0.927. The van der Waals surface area contributed by atoms with E-state index in [1.807, 2.05) is 0 Å². The van der Waals surface area contributed by atoms with Crippen LogP contribution in [0.2, 0.25) is 0 Å². The highest BCUT2D eigenvalue weighted by Gasteiger charge is 2.48. The molecule has 0 unspecified atom stereocenters. The third-order valence-corrected chi connectivity index (χ3v) is 6.93. The zero-order valence-corrected chi connectivity index (χ0v) is 20.9. The first-order valence-electron chi connectivity index (χ1n) is 11.1. The van der Waals surface area contributed by atoms with Crippen LogP contribution in [0.4, 0.5) is 5.13 Å². The van der Waals surface area contributed by atoms with Crippen LogP contribution in [0.15, 0.2) is 48.0 Å². The average molecular weight is 509 g/mol. The predicted octanol–water partition coefficient (Wildman–Crippen LogP) is 4.28. The van der Waals surface area contributed by atoms with Gasteiger partial charge < -0.3 is 19.7 Å². The topological polar surface area (TPSA) is 126 Å². The number of ether oxygens (including phenoxy) is 2. The van der Waals surface area contributed by atoms with Gasteiger partial charge in [-0.2, -0.15) is 0 Å². The van der Waals surface area contributed by atoms with E-state index in [1.54, 1.807) is 51.1 Å². The lowest BCUT2D eigenvalue weighted by molar-refractivity contribution is -0.132. The van der Waals surface area contributed by atoms with Crippen molar-refractivity contribution in [2.75, 3.05) is 18.6 Å². The van der Waals surface area contributed by atoms with E-state index in [4.69, 9.17) is 9.47 Å². The van der Waals surface area contributed by atoms with Crippen molar-refractivity contribution in [2.45, 2.75) is 26.8 Å². The number of benzene rings is 2. The number of nitrogens with zero attached hydrogens (tertiary/aromatic N) is 2. The minimum absolute atomic E-state index is 0.00334. The van der Waals surface area contributed by atoms with Crippen LogP contribution in [-0.2, 0) is 14.3 Å². The lowest BCUT2D eigenvalue weighted by Gasteiger charge is -2.23. The Morgan fingerprint density at radius 1 is 1.14 bits per heavy atom. The number of phenolic OH excluding ortho intramolecular Hbond substituents is 1. The van der Waals surface area contributed by atoms with Crippen molar-refractivity contribution >= 4 is 39.9 Å². The number of rotatable bonds is 6. The molecule has 10 heteroatoms. The second kappa shape index (κ2) is 9.82. The van der Waals surface area contributed by atoms with Crippen LogP contribution in [0.5, 0.6) is 11.5 Å². The zero-order chi connectivity index (χ0) is 26.1. The molecule has 36 heavy (non-hydrogen) atoms. The monoisotopic (exact) mass is 508 g/mol. The van der Waals surface area contributed by atoms with Crippen LogP contribution >= 0.6 is 11.3 Å². The molecule has 3 aromatic rings. The summed E-state index contributed by atoms with van der Waals surface area (Å²) in [7, 11) is 1.52. The highest BCUT2D eigenvalue weighted by atomic mass is 32.1. The second-order valence-corrected chi connectivity index (χ2v) is 9.05.